The minimum atomic E-state index is -0.872. The first-order valence-electron chi connectivity index (χ1n) is 13.3. The van der Waals surface area contributed by atoms with Gasteiger partial charge in [0.1, 0.15) is 0 Å². The number of ether oxygens (including phenoxy) is 2. The van der Waals surface area contributed by atoms with E-state index in [0.717, 1.165) is 31.4 Å². The standard InChI is InChI=1S/C30H36N2O7S/c1-20-26(29(34)38-3)28(23-10-8-11-24(19-23)32(36)37)27(21(2)31-20)30(35)39-17-6-7-18-40-25-14-12-22(13-15-25)9-4-5-16-33/h8,10-15,19,28,31,33H,4-7,9,16-18H2,1-3H3. The van der Waals surface area contributed by atoms with Crippen molar-refractivity contribution in [3.05, 3.63) is 92.3 Å². The Morgan fingerprint density at radius 1 is 1.00 bits per heavy atom. The Kier molecular flexibility index (Phi) is 11.8. The van der Waals surface area contributed by atoms with E-state index in [2.05, 4.69) is 29.6 Å². The fourth-order valence-electron chi connectivity index (χ4n) is 4.63. The van der Waals surface area contributed by atoms with Crippen LogP contribution >= 0.6 is 11.8 Å². The quantitative estimate of drug-likeness (QED) is 0.101. The van der Waals surface area contributed by atoms with Gasteiger partial charge in [0.05, 0.1) is 35.7 Å². The molecule has 1 atom stereocenters. The molecular formula is C30H36N2O7S. The summed E-state index contributed by atoms with van der Waals surface area (Å²) in [5, 5.41) is 23.4. The maximum Gasteiger partial charge on any atom is 0.336 e. The van der Waals surface area contributed by atoms with Gasteiger partial charge in [-0.15, -0.1) is 11.8 Å². The van der Waals surface area contributed by atoms with Crippen molar-refractivity contribution in [3.63, 3.8) is 0 Å². The Hall–Kier alpha value is -3.63. The zero-order chi connectivity index (χ0) is 29.1. The van der Waals surface area contributed by atoms with Gasteiger partial charge in [0.2, 0.25) is 0 Å². The molecule has 40 heavy (non-hydrogen) atoms. The van der Waals surface area contributed by atoms with Crippen LogP contribution in [0.5, 0.6) is 0 Å². The highest BCUT2D eigenvalue weighted by Crippen LogP contribution is 2.40. The topological polar surface area (TPSA) is 128 Å². The third kappa shape index (κ3) is 8.19. The van der Waals surface area contributed by atoms with Crippen molar-refractivity contribution in [2.45, 2.75) is 56.8 Å². The lowest BCUT2D eigenvalue weighted by atomic mass is 9.80. The number of benzene rings is 2. The first-order valence-corrected chi connectivity index (χ1v) is 14.3. The molecule has 0 radical (unpaired) electrons. The minimum Gasteiger partial charge on any atom is -0.466 e. The van der Waals surface area contributed by atoms with E-state index in [9.17, 15) is 19.7 Å². The predicted molar refractivity (Wildman–Crippen MR) is 154 cm³/mol. The number of hydrogen-bond acceptors (Lipinski definition) is 9. The molecule has 0 aliphatic carbocycles. The normalized spacial score (nSPS) is 15.1. The van der Waals surface area contributed by atoms with Crippen LogP contribution in [0.15, 0.2) is 76.0 Å². The molecule has 3 rings (SSSR count). The number of methoxy groups -OCH3 is 1. The fraction of sp³-hybridized carbons (Fsp3) is 0.400. The average Bonchev–Trinajstić information content (AvgIpc) is 2.95. The third-order valence-electron chi connectivity index (χ3n) is 6.64. The zero-order valence-corrected chi connectivity index (χ0v) is 23.9. The number of non-ortho nitro benzene ring substituents is 1. The van der Waals surface area contributed by atoms with Gasteiger partial charge in [0.25, 0.3) is 5.69 Å². The van der Waals surface area contributed by atoms with E-state index in [1.807, 2.05) is 0 Å². The van der Waals surface area contributed by atoms with E-state index in [1.54, 1.807) is 31.7 Å². The zero-order valence-electron chi connectivity index (χ0n) is 23.1. The highest BCUT2D eigenvalue weighted by atomic mass is 32.2. The van der Waals surface area contributed by atoms with E-state index >= 15 is 0 Å². The van der Waals surface area contributed by atoms with E-state index in [1.165, 1.54) is 35.8 Å². The average molecular weight is 569 g/mol. The van der Waals surface area contributed by atoms with Crippen molar-refractivity contribution < 1.29 is 29.1 Å². The predicted octanol–water partition coefficient (Wildman–Crippen LogP) is 5.43. The number of aryl methyl sites for hydroxylation is 1. The van der Waals surface area contributed by atoms with E-state index in [4.69, 9.17) is 14.6 Å². The molecule has 0 amide bonds. The summed E-state index contributed by atoms with van der Waals surface area (Å²) in [6.07, 6.45) is 4.25. The Bertz CT molecular complexity index is 1270. The van der Waals surface area contributed by atoms with Crippen molar-refractivity contribution in [2.75, 3.05) is 26.1 Å². The summed E-state index contributed by atoms with van der Waals surface area (Å²) in [7, 11) is 1.25. The number of nitro groups is 1. The number of carbonyl (C=O) groups excluding carboxylic acids is 2. The molecule has 2 aromatic rings. The van der Waals surface area contributed by atoms with Crippen LogP contribution in [0.25, 0.3) is 0 Å². The van der Waals surface area contributed by atoms with Crippen LogP contribution in [0, 0.1) is 10.1 Å². The Morgan fingerprint density at radius 3 is 2.35 bits per heavy atom. The van der Waals surface area contributed by atoms with Gasteiger partial charge in [-0.25, -0.2) is 9.59 Å². The maximum absolute atomic E-state index is 13.3. The summed E-state index contributed by atoms with van der Waals surface area (Å²) in [6.45, 7) is 3.84. The lowest BCUT2D eigenvalue weighted by Crippen LogP contribution is -2.32. The number of nitro benzene ring substituents is 1. The second kappa shape index (κ2) is 15.2. The van der Waals surface area contributed by atoms with Crippen LogP contribution in [0.1, 0.15) is 56.6 Å². The van der Waals surface area contributed by atoms with E-state index < -0.39 is 22.8 Å². The number of allylic oxidation sites excluding steroid dienone is 2. The maximum atomic E-state index is 13.3. The fourth-order valence-corrected chi connectivity index (χ4v) is 5.54. The lowest BCUT2D eigenvalue weighted by Gasteiger charge is -2.30. The molecule has 10 heteroatoms. The summed E-state index contributed by atoms with van der Waals surface area (Å²) in [5.41, 5.74) is 3.00. The molecule has 214 valence electrons. The molecule has 9 nitrogen and oxygen atoms in total. The highest BCUT2D eigenvalue weighted by Gasteiger charge is 2.38. The lowest BCUT2D eigenvalue weighted by molar-refractivity contribution is -0.384. The number of dihydropyridines is 1. The molecule has 1 aliphatic rings. The van der Waals surface area contributed by atoms with Crippen molar-refractivity contribution >= 4 is 29.4 Å². The number of thioether (sulfide) groups is 1. The van der Waals surface area contributed by atoms with Crippen molar-refractivity contribution in [1.29, 1.82) is 0 Å². The van der Waals surface area contributed by atoms with Gasteiger partial charge >= 0.3 is 11.9 Å². The second-order valence-electron chi connectivity index (χ2n) is 9.50. The van der Waals surface area contributed by atoms with Crippen LogP contribution in [0.2, 0.25) is 0 Å². The van der Waals surface area contributed by atoms with Gasteiger partial charge in [0, 0.05) is 35.0 Å². The monoisotopic (exact) mass is 568 g/mol. The Balaban J connectivity index is 1.61. The number of carbonyl (C=O) groups is 2. The number of hydrogen-bond donors (Lipinski definition) is 2. The molecule has 0 saturated heterocycles. The van der Waals surface area contributed by atoms with Crippen LogP contribution in [-0.2, 0) is 25.5 Å². The first-order chi connectivity index (χ1) is 19.3. The van der Waals surface area contributed by atoms with Crippen molar-refractivity contribution in [1.82, 2.24) is 5.32 Å². The summed E-state index contributed by atoms with van der Waals surface area (Å²) in [4.78, 5) is 38.1. The smallest absolute Gasteiger partial charge is 0.336 e. The first kappa shape index (κ1) is 30.9. The van der Waals surface area contributed by atoms with Crippen molar-refractivity contribution in [3.8, 4) is 0 Å². The third-order valence-corrected chi connectivity index (χ3v) is 7.74. The number of aliphatic hydroxyl groups excluding tert-OH is 1. The molecule has 0 bridgehead atoms. The SMILES string of the molecule is COC(=O)C1=C(C)NC(C)=C(C(=O)OCCCCSc2ccc(CCCCO)cc2)C1c1cccc([N+](=O)[O-])c1. The molecule has 1 unspecified atom stereocenters. The van der Waals surface area contributed by atoms with Gasteiger partial charge in [-0.05, 0) is 75.0 Å². The van der Waals surface area contributed by atoms with Crippen molar-refractivity contribution in [2.24, 2.45) is 0 Å². The molecule has 1 heterocycles. The molecule has 1 aliphatic heterocycles. The largest absolute Gasteiger partial charge is 0.466 e. The van der Waals surface area contributed by atoms with Crippen LogP contribution < -0.4 is 5.32 Å². The number of rotatable bonds is 14. The van der Waals surface area contributed by atoms with E-state index in [0.29, 0.717) is 23.4 Å². The van der Waals surface area contributed by atoms with Crippen LogP contribution in [0.3, 0.4) is 0 Å². The Labute approximate surface area is 238 Å². The van der Waals surface area contributed by atoms with Crippen LogP contribution in [-0.4, -0.2) is 48.0 Å². The minimum absolute atomic E-state index is 0.142. The number of nitrogens with zero attached hydrogens (tertiary/aromatic N) is 1. The molecule has 2 aromatic carbocycles. The van der Waals surface area contributed by atoms with Gasteiger partial charge in [0.15, 0.2) is 0 Å². The molecule has 2 N–H and O–H groups in total. The number of esters is 2. The van der Waals surface area contributed by atoms with Crippen LogP contribution in [0.4, 0.5) is 5.69 Å². The Morgan fingerprint density at radius 2 is 1.70 bits per heavy atom. The van der Waals surface area contributed by atoms with Gasteiger partial charge in [-0.2, -0.15) is 0 Å². The highest BCUT2D eigenvalue weighted by molar-refractivity contribution is 7.99. The second-order valence-corrected chi connectivity index (χ2v) is 10.7. The summed E-state index contributed by atoms with van der Waals surface area (Å²) >= 11 is 1.74. The summed E-state index contributed by atoms with van der Waals surface area (Å²) in [5.74, 6) is -1.22. The molecule has 0 saturated carbocycles. The molecule has 0 aromatic heterocycles. The van der Waals surface area contributed by atoms with Gasteiger partial charge in [-0.3, -0.25) is 10.1 Å². The summed E-state index contributed by atoms with van der Waals surface area (Å²) < 4.78 is 10.6. The number of nitrogens with one attached hydrogen (secondary N) is 1. The number of unbranched alkanes of at least 4 members (excludes halogenated alkanes) is 2. The van der Waals surface area contributed by atoms with Gasteiger partial charge < -0.3 is 19.9 Å². The molecule has 0 spiro atoms. The molecule has 0 fully saturated rings. The van der Waals surface area contributed by atoms with E-state index in [-0.39, 0.29) is 30.0 Å². The summed E-state index contributed by atoms with van der Waals surface area (Å²) in [6, 6.07) is 14.3. The number of aliphatic hydroxyl groups is 1. The molecular weight excluding hydrogens is 532 g/mol. The van der Waals surface area contributed by atoms with Gasteiger partial charge in [-0.1, -0.05) is 24.3 Å².